The van der Waals surface area contributed by atoms with E-state index in [2.05, 4.69) is 4.98 Å². The largest absolute Gasteiger partial charge is 0.494 e. The van der Waals surface area contributed by atoms with Gasteiger partial charge in [-0.15, -0.1) is 0 Å². The second kappa shape index (κ2) is 5.77. The molecule has 2 rings (SSSR count). The van der Waals surface area contributed by atoms with Crippen LogP contribution in [0.2, 0.25) is 0 Å². The molecular weight excluding hydrogens is 256 g/mol. The molecule has 1 heterocycles. The zero-order valence-corrected chi connectivity index (χ0v) is 11.9. The highest BCUT2D eigenvalue weighted by Gasteiger charge is 2.17. The van der Waals surface area contributed by atoms with Crippen LogP contribution in [0.1, 0.15) is 29.5 Å². The van der Waals surface area contributed by atoms with Crippen molar-refractivity contribution in [1.29, 1.82) is 0 Å². The maximum Gasteiger partial charge on any atom is 0.356 e. The number of ether oxygens (including phenoxy) is 1. The molecule has 0 amide bonds. The number of rotatable bonds is 5. The first-order valence-electron chi connectivity index (χ1n) is 6.54. The third kappa shape index (κ3) is 2.66. The molecular formula is C15H18N2O3. The molecule has 0 aliphatic carbocycles. The lowest BCUT2D eigenvalue weighted by atomic mass is 10.2. The van der Waals surface area contributed by atoms with Gasteiger partial charge in [0, 0.05) is 18.3 Å². The van der Waals surface area contributed by atoms with Gasteiger partial charge in [0.1, 0.15) is 11.6 Å². The number of carboxylic acid groups (broad SMARTS) is 1. The van der Waals surface area contributed by atoms with Gasteiger partial charge in [0.2, 0.25) is 0 Å². The van der Waals surface area contributed by atoms with Crippen LogP contribution < -0.4 is 4.74 Å². The van der Waals surface area contributed by atoms with Crippen molar-refractivity contribution < 1.29 is 14.6 Å². The van der Waals surface area contributed by atoms with Gasteiger partial charge in [-0.1, -0.05) is 19.1 Å². The molecule has 0 saturated heterocycles. The molecule has 0 fully saturated rings. The first kappa shape index (κ1) is 14.1. The van der Waals surface area contributed by atoms with Crippen LogP contribution in [0, 0.1) is 6.92 Å². The third-order valence-electron chi connectivity index (χ3n) is 3.15. The lowest BCUT2D eigenvalue weighted by Gasteiger charge is -2.07. The van der Waals surface area contributed by atoms with E-state index in [1.807, 2.05) is 38.2 Å². The third-order valence-corrected chi connectivity index (χ3v) is 3.15. The molecule has 1 aromatic carbocycles. The fraction of sp³-hybridized carbons (Fsp3) is 0.333. The predicted molar refractivity (Wildman–Crippen MR) is 76.1 cm³/mol. The minimum absolute atomic E-state index is 0.0855. The minimum atomic E-state index is -1.01. The van der Waals surface area contributed by atoms with Crippen LogP contribution in [0.15, 0.2) is 24.3 Å². The highest BCUT2D eigenvalue weighted by atomic mass is 16.5. The lowest BCUT2D eigenvalue weighted by molar-refractivity contribution is 0.0690. The number of carbonyl (C=O) groups is 1. The summed E-state index contributed by atoms with van der Waals surface area (Å²) in [6.45, 7) is 4.45. The van der Waals surface area contributed by atoms with E-state index in [-0.39, 0.29) is 5.69 Å². The van der Waals surface area contributed by atoms with Crippen LogP contribution in [0.5, 0.6) is 5.75 Å². The van der Waals surface area contributed by atoms with Crippen LogP contribution in [0.4, 0.5) is 0 Å². The molecule has 0 aliphatic heterocycles. The predicted octanol–water partition coefficient (Wildman–Crippen LogP) is 2.88. The van der Waals surface area contributed by atoms with Gasteiger partial charge in [-0.3, -0.25) is 0 Å². The van der Waals surface area contributed by atoms with E-state index in [1.54, 1.807) is 11.5 Å². The smallest absolute Gasteiger partial charge is 0.356 e. The van der Waals surface area contributed by atoms with Crippen molar-refractivity contribution in [3.05, 3.63) is 35.7 Å². The molecule has 0 saturated carbocycles. The Labute approximate surface area is 117 Å². The Morgan fingerprint density at radius 2 is 2.20 bits per heavy atom. The quantitative estimate of drug-likeness (QED) is 0.910. The normalized spacial score (nSPS) is 10.6. The number of aromatic carboxylic acids is 1. The summed E-state index contributed by atoms with van der Waals surface area (Å²) >= 11 is 0. The molecule has 0 aliphatic rings. The topological polar surface area (TPSA) is 64.3 Å². The second-order valence-electron chi connectivity index (χ2n) is 4.61. The summed E-state index contributed by atoms with van der Waals surface area (Å²) in [6, 6.07) is 7.53. The lowest BCUT2D eigenvalue weighted by Crippen LogP contribution is -2.00. The Balaban J connectivity index is 2.41. The zero-order valence-electron chi connectivity index (χ0n) is 11.9. The summed E-state index contributed by atoms with van der Waals surface area (Å²) < 4.78 is 7.37. The zero-order chi connectivity index (χ0) is 14.7. The standard InChI is InChI=1S/C15H18N2O3/c1-4-8-20-12-7-5-6-11(9-12)14-16-13(15(18)19)10(2)17(14)3/h5-7,9H,4,8H2,1-3H3,(H,18,19). The summed E-state index contributed by atoms with van der Waals surface area (Å²) in [6.07, 6.45) is 0.939. The minimum Gasteiger partial charge on any atom is -0.494 e. The molecule has 106 valence electrons. The van der Waals surface area contributed by atoms with Gasteiger partial charge in [0.15, 0.2) is 5.69 Å². The maximum atomic E-state index is 11.1. The molecule has 0 bridgehead atoms. The van der Waals surface area contributed by atoms with Crippen LogP contribution in [-0.2, 0) is 7.05 Å². The van der Waals surface area contributed by atoms with E-state index in [4.69, 9.17) is 9.84 Å². The van der Waals surface area contributed by atoms with E-state index in [9.17, 15) is 4.79 Å². The maximum absolute atomic E-state index is 11.1. The second-order valence-corrected chi connectivity index (χ2v) is 4.61. The Morgan fingerprint density at radius 1 is 1.45 bits per heavy atom. The van der Waals surface area contributed by atoms with Crippen molar-refractivity contribution >= 4 is 5.97 Å². The first-order valence-corrected chi connectivity index (χ1v) is 6.54. The Kier molecular flexibility index (Phi) is 4.08. The number of carboxylic acids is 1. The fourth-order valence-corrected chi connectivity index (χ4v) is 1.99. The average molecular weight is 274 g/mol. The summed E-state index contributed by atoms with van der Waals surface area (Å²) in [7, 11) is 1.81. The monoisotopic (exact) mass is 274 g/mol. The van der Waals surface area contributed by atoms with Crippen LogP contribution in [0.3, 0.4) is 0 Å². The van der Waals surface area contributed by atoms with Crippen molar-refractivity contribution in [3.8, 4) is 17.1 Å². The Morgan fingerprint density at radius 3 is 2.80 bits per heavy atom. The number of benzene rings is 1. The van der Waals surface area contributed by atoms with E-state index < -0.39 is 5.97 Å². The van der Waals surface area contributed by atoms with Gasteiger partial charge >= 0.3 is 5.97 Å². The van der Waals surface area contributed by atoms with Crippen LogP contribution >= 0.6 is 0 Å². The van der Waals surface area contributed by atoms with Crippen molar-refractivity contribution in [2.45, 2.75) is 20.3 Å². The molecule has 0 unspecified atom stereocenters. The Hall–Kier alpha value is -2.30. The van der Waals surface area contributed by atoms with Gasteiger partial charge < -0.3 is 14.4 Å². The number of nitrogens with zero attached hydrogens (tertiary/aromatic N) is 2. The number of hydrogen-bond donors (Lipinski definition) is 1. The molecule has 20 heavy (non-hydrogen) atoms. The number of imidazole rings is 1. The van der Waals surface area contributed by atoms with Gasteiger partial charge in [-0.2, -0.15) is 0 Å². The van der Waals surface area contributed by atoms with Crippen LogP contribution in [-0.4, -0.2) is 27.2 Å². The van der Waals surface area contributed by atoms with Crippen molar-refractivity contribution in [2.24, 2.45) is 7.05 Å². The van der Waals surface area contributed by atoms with Gasteiger partial charge in [-0.05, 0) is 25.5 Å². The molecule has 5 nitrogen and oxygen atoms in total. The Bertz CT molecular complexity index is 632. The molecule has 2 aromatic rings. The van der Waals surface area contributed by atoms with Crippen molar-refractivity contribution in [3.63, 3.8) is 0 Å². The molecule has 0 radical (unpaired) electrons. The summed E-state index contributed by atoms with van der Waals surface area (Å²) in [5.41, 5.74) is 1.56. The van der Waals surface area contributed by atoms with Crippen molar-refractivity contribution in [1.82, 2.24) is 9.55 Å². The molecule has 1 aromatic heterocycles. The van der Waals surface area contributed by atoms with Crippen LogP contribution in [0.25, 0.3) is 11.4 Å². The first-order chi connectivity index (χ1) is 9.54. The van der Waals surface area contributed by atoms with Gasteiger partial charge in [-0.25, -0.2) is 9.78 Å². The summed E-state index contributed by atoms with van der Waals surface area (Å²) in [5, 5.41) is 9.12. The highest BCUT2D eigenvalue weighted by Crippen LogP contribution is 2.25. The van der Waals surface area contributed by atoms with Gasteiger partial charge in [0.05, 0.1) is 6.61 Å². The molecule has 5 heteroatoms. The number of hydrogen-bond acceptors (Lipinski definition) is 3. The summed E-state index contributed by atoms with van der Waals surface area (Å²) in [5.74, 6) is 0.381. The highest BCUT2D eigenvalue weighted by molar-refractivity contribution is 5.87. The fourth-order valence-electron chi connectivity index (χ4n) is 1.99. The molecule has 1 N–H and O–H groups in total. The van der Waals surface area contributed by atoms with E-state index in [0.29, 0.717) is 18.1 Å². The molecule has 0 atom stereocenters. The van der Waals surface area contributed by atoms with Crippen molar-refractivity contribution in [2.75, 3.05) is 6.61 Å². The van der Waals surface area contributed by atoms with E-state index >= 15 is 0 Å². The number of aromatic nitrogens is 2. The van der Waals surface area contributed by atoms with E-state index in [0.717, 1.165) is 17.7 Å². The summed E-state index contributed by atoms with van der Waals surface area (Å²) in [4.78, 5) is 15.3. The van der Waals surface area contributed by atoms with Gasteiger partial charge in [0.25, 0.3) is 0 Å². The SMILES string of the molecule is CCCOc1cccc(-c2nc(C(=O)O)c(C)n2C)c1. The van der Waals surface area contributed by atoms with E-state index in [1.165, 1.54) is 0 Å². The average Bonchev–Trinajstić information content (AvgIpc) is 2.74. The molecule has 0 spiro atoms.